The van der Waals surface area contributed by atoms with Crippen LogP contribution in [-0.4, -0.2) is 12.1 Å². The molecule has 0 fully saturated rings. The molecule has 8 heteroatoms. The molecule has 0 saturated carbocycles. The maximum absolute atomic E-state index is 13.4. The summed E-state index contributed by atoms with van der Waals surface area (Å²) in [5.41, 5.74) is 0.201. The Morgan fingerprint density at radius 2 is 1.67 bits per heavy atom. The Morgan fingerprint density at radius 3 is 2.19 bits per heavy atom. The van der Waals surface area contributed by atoms with E-state index in [0.29, 0.717) is 0 Å². The van der Waals surface area contributed by atoms with Crippen molar-refractivity contribution in [1.82, 2.24) is 4.98 Å². The fourth-order valence-electron chi connectivity index (χ4n) is 1.49. The van der Waals surface area contributed by atoms with E-state index < -0.39 is 29.3 Å². The molecule has 0 amide bonds. The molecule has 2 rings (SSSR count). The first kappa shape index (κ1) is 14.6. The van der Waals surface area contributed by atoms with Crippen LogP contribution in [0.25, 0.3) is 0 Å². The third-order valence-electron chi connectivity index (χ3n) is 2.46. The van der Waals surface area contributed by atoms with Gasteiger partial charge in [0, 0.05) is 6.07 Å². The van der Waals surface area contributed by atoms with E-state index in [1.165, 1.54) is 25.3 Å². The standard InChI is InChI=1S/C13H6F4N2O2/c1-20-8-4-6(5-18)2-3-7(8)21-11-9(14)12(16)19-13(17)10(11)15/h2-4H,1H3. The van der Waals surface area contributed by atoms with Crippen LogP contribution in [0, 0.1) is 34.9 Å². The second-order valence-electron chi connectivity index (χ2n) is 3.73. The fraction of sp³-hybridized carbons (Fsp3) is 0.0769. The highest BCUT2D eigenvalue weighted by Crippen LogP contribution is 2.35. The number of hydrogen-bond donors (Lipinski definition) is 0. The first-order valence-corrected chi connectivity index (χ1v) is 5.44. The van der Waals surface area contributed by atoms with Gasteiger partial charge in [0.25, 0.3) is 11.9 Å². The quantitative estimate of drug-likeness (QED) is 0.644. The minimum absolute atomic E-state index is 0.0366. The Bertz CT molecular complexity index is 718. The topological polar surface area (TPSA) is 55.1 Å². The number of methoxy groups -OCH3 is 1. The number of benzene rings is 1. The molecule has 2 aromatic rings. The number of ether oxygens (including phenoxy) is 2. The van der Waals surface area contributed by atoms with E-state index in [4.69, 9.17) is 14.7 Å². The normalized spacial score (nSPS) is 10.1. The summed E-state index contributed by atoms with van der Waals surface area (Å²) in [7, 11) is 1.23. The van der Waals surface area contributed by atoms with E-state index in [1.54, 1.807) is 0 Å². The van der Waals surface area contributed by atoms with Gasteiger partial charge in [0.1, 0.15) is 0 Å². The molecule has 0 saturated heterocycles. The lowest BCUT2D eigenvalue weighted by Crippen LogP contribution is -2.03. The van der Waals surface area contributed by atoms with Gasteiger partial charge in [-0.3, -0.25) is 0 Å². The van der Waals surface area contributed by atoms with E-state index in [9.17, 15) is 17.6 Å². The molecule has 21 heavy (non-hydrogen) atoms. The molecule has 0 radical (unpaired) electrons. The molecule has 0 bridgehead atoms. The van der Waals surface area contributed by atoms with Crippen LogP contribution in [0.5, 0.6) is 17.2 Å². The summed E-state index contributed by atoms with van der Waals surface area (Å²) in [6, 6.07) is 5.51. The second-order valence-corrected chi connectivity index (χ2v) is 3.73. The molecule has 1 aromatic carbocycles. The van der Waals surface area contributed by atoms with Crippen molar-refractivity contribution in [3.8, 4) is 23.3 Å². The molecule has 0 aliphatic heterocycles. The van der Waals surface area contributed by atoms with Crippen molar-refractivity contribution in [2.24, 2.45) is 0 Å². The van der Waals surface area contributed by atoms with Crippen LogP contribution in [0.1, 0.15) is 5.56 Å². The van der Waals surface area contributed by atoms with Gasteiger partial charge in [0.15, 0.2) is 11.5 Å². The van der Waals surface area contributed by atoms with Crippen LogP contribution in [0.2, 0.25) is 0 Å². The summed E-state index contributed by atoms with van der Waals surface area (Å²) >= 11 is 0. The van der Waals surface area contributed by atoms with Gasteiger partial charge in [-0.05, 0) is 12.1 Å². The predicted octanol–water partition coefficient (Wildman–Crippen LogP) is 3.31. The van der Waals surface area contributed by atoms with Crippen molar-refractivity contribution in [3.05, 3.63) is 47.3 Å². The Morgan fingerprint density at radius 1 is 1.05 bits per heavy atom. The zero-order valence-corrected chi connectivity index (χ0v) is 10.5. The number of halogens is 4. The number of aromatic nitrogens is 1. The fourth-order valence-corrected chi connectivity index (χ4v) is 1.49. The Kier molecular flexibility index (Phi) is 3.93. The second kappa shape index (κ2) is 5.66. The van der Waals surface area contributed by atoms with Gasteiger partial charge in [0.2, 0.25) is 17.4 Å². The van der Waals surface area contributed by atoms with Crippen molar-refractivity contribution in [2.75, 3.05) is 7.11 Å². The van der Waals surface area contributed by atoms with Gasteiger partial charge in [-0.15, -0.1) is 0 Å². The third-order valence-corrected chi connectivity index (χ3v) is 2.46. The highest BCUT2D eigenvalue weighted by atomic mass is 19.2. The van der Waals surface area contributed by atoms with Crippen molar-refractivity contribution in [2.45, 2.75) is 0 Å². The molecule has 0 aliphatic carbocycles. The first-order chi connectivity index (χ1) is 9.97. The SMILES string of the molecule is COc1cc(C#N)ccc1Oc1c(F)c(F)nc(F)c1F. The molecule has 0 spiro atoms. The minimum atomic E-state index is -1.84. The largest absolute Gasteiger partial charge is 0.493 e. The maximum atomic E-state index is 13.4. The van der Waals surface area contributed by atoms with Gasteiger partial charge >= 0.3 is 0 Å². The summed E-state index contributed by atoms with van der Waals surface area (Å²) in [6.07, 6.45) is 0. The van der Waals surface area contributed by atoms with Crippen LogP contribution in [-0.2, 0) is 0 Å². The minimum Gasteiger partial charge on any atom is -0.493 e. The van der Waals surface area contributed by atoms with Crippen molar-refractivity contribution < 1.29 is 27.0 Å². The molecule has 0 aliphatic rings. The van der Waals surface area contributed by atoms with Gasteiger partial charge < -0.3 is 9.47 Å². The lowest BCUT2D eigenvalue weighted by atomic mass is 10.2. The summed E-state index contributed by atoms with van der Waals surface area (Å²) in [5, 5.41) is 8.73. The average Bonchev–Trinajstić information content (AvgIpc) is 2.49. The number of hydrogen-bond acceptors (Lipinski definition) is 4. The molecule has 1 aromatic heterocycles. The van der Waals surface area contributed by atoms with Crippen LogP contribution >= 0.6 is 0 Å². The van der Waals surface area contributed by atoms with E-state index in [2.05, 4.69) is 4.98 Å². The summed E-state index contributed by atoms with van der Waals surface area (Å²) in [6.45, 7) is 0. The molecule has 0 N–H and O–H groups in total. The van der Waals surface area contributed by atoms with Crippen LogP contribution in [0.15, 0.2) is 18.2 Å². The van der Waals surface area contributed by atoms with Gasteiger partial charge in [-0.25, -0.2) is 0 Å². The molecular weight excluding hydrogens is 292 g/mol. The molecule has 0 unspecified atom stereocenters. The van der Waals surface area contributed by atoms with E-state index in [0.717, 1.165) is 0 Å². The van der Waals surface area contributed by atoms with Crippen LogP contribution < -0.4 is 9.47 Å². The zero-order chi connectivity index (χ0) is 15.6. The highest BCUT2D eigenvalue weighted by Gasteiger charge is 2.23. The lowest BCUT2D eigenvalue weighted by molar-refractivity contribution is 0.328. The van der Waals surface area contributed by atoms with E-state index >= 15 is 0 Å². The predicted molar refractivity (Wildman–Crippen MR) is 61.9 cm³/mol. The van der Waals surface area contributed by atoms with E-state index in [-0.39, 0.29) is 17.1 Å². The van der Waals surface area contributed by atoms with Crippen LogP contribution in [0.3, 0.4) is 0 Å². The summed E-state index contributed by atoms with van der Waals surface area (Å²) in [4.78, 5) is 2.41. The number of rotatable bonds is 3. The number of pyridine rings is 1. The average molecular weight is 298 g/mol. The Balaban J connectivity index is 2.51. The van der Waals surface area contributed by atoms with Crippen LogP contribution in [0.4, 0.5) is 17.6 Å². The molecular formula is C13H6F4N2O2. The lowest BCUT2D eigenvalue weighted by Gasteiger charge is -2.11. The monoisotopic (exact) mass is 298 g/mol. The Hall–Kier alpha value is -2.82. The number of nitriles is 1. The zero-order valence-electron chi connectivity index (χ0n) is 10.5. The van der Waals surface area contributed by atoms with Crippen molar-refractivity contribution in [3.63, 3.8) is 0 Å². The maximum Gasteiger partial charge on any atom is 0.255 e. The van der Waals surface area contributed by atoms with E-state index in [1.807, 2.05) is 6.07 Å². The third kappa shape index (κ3) is 2.72. The first-order valence-electron chi connectivity index (χ1n) is 5.44. The van der Waals surface area contributed by atoms with Gasteiger partial charge in [0.05, 0.1) is 18.7 Å². The summed E-state index contributed by atoms with van der Waals surface area (Å²) in [5.74, 6) is -8.78. The molecule has 4 nitrogen and oxygen atoms in total. The van der Waals surface area contributed by atoms with Gasteiger partial charge in [-0.1, -0.05) is 0 Å². The number of nitrogens with zero attached hydrogens (tertiary/aromatic N) is 2. The summed E-state index contributed by atoms with van der Waals surface area (Å²) < 4.78 is 62.5. The highest BCUT2D eigenvalue weighted by molar-refractivity contribution is 5.48. The van der Waals surface area contributed by atoms with Crippen molar-refractivity contribution in [1.29, 1.82) is 5.26 Å². The Labute approximate surface area is 116 Å². The molecule has 1 heterocycles. The van der Waals surface area contributed by atoms with Crippen molar-refractivity contribution >= 4 is 0 Å². The molecule has 0 atom stereocenters. The van der Waals surface area contributed by atoms with Gasteiger partial charge in [-0.2, -0.15) is 27.8 Å². The molecule has 108 valence electrons. The smallest absolute Gasteiger partial charge is 0.255 e.